The Morgan fingerprint density at radius 3 is 2.57 bits per heavy atom. The van der Waals surface area contributed by atoms with Gasteiger partial charge in [-0.15, -0.1) is 0 Å². The largest absolute Gasteiger partial charge is 0.491 e. The van der Waals surface area contributed by atoms with Crippen molar-refractivity contribution in [2.24, 2.45) is 0 Å². The van der Waals surface area contributed by atoms with Gasteiger partial charge in [-0.1, -0.05) is 6.07 Å². The average Bonchev–Trinajstić information content (AvgIpc) is 3.31. The molecule has 4 rings (SSSR count). The Morgan fingerprint density at radius 1 is 1.13 bits per heavy atom. The summed E-state index contributed by atoms with van der Waals surface area (Å²) in [5, 5.41) is 10.8. The summed E-state index contributed by atoms with van der Waals surface area (Å²) in [6, 6.07) is 13.8. The second-order valence-electron chi connectivity index (χ2n) is 7.53. The topological polar surface area (TPSA) is 85.2 Å². The first kappa shape index (κ1) is 20.2. The van der Waals surface area contributed by atoms with Gasteiger partial charge >= 0.3 is 0 Å². The number of anilines is 1. The number of non-ortho nitro benzene ring substituents is 1. The van der Waals surface area contributed by atoms with Crippen LogP contribution in [0.3, 0.4) is 0 Å². The lowest BCUT2D eigenvalue weighted by atomic mass is 10.1. The summed E-state index contributed by atoms with van der Waals surface area (Å²) in [4.78, 5) is 27.3. The number of piperazine rings is 1. The molecule has 30 heavy (non-hydrogen) atoms. The van der Waals surface area contributed by atoms with Crippen molar-refractivity contribution in [2.45, 2.75) is 18.9 Å². The Labute approximate surface area is 175 Å². The van der Waals surface area contributed by atoms with Crippen LogP contribution in [0.4, 0.5) is 11.4 Å². The molecule has 2 fully saturated rings. The lowest BCUT2D eigenvalue weighted by molar-refractivity contribution is -0.384. The van der Waals surface area contributed by atoms with Gasteiger partial charge in [0.25, 0.3) is 11.6 Å². The number of hydrogen-bond acceptors (Lipinski definition) is 6. The third-order valence-electron chi connectivity index (χ3n) is 5.53. The van der Waals surface area contributed by atoms with E-state index in [0.717, 1.165) is 25.1 Å². The molecule has 158 valence electrons. The van der Waals surface area contributed by atoms with Gasteiger partial charge in [0.2, 0.25) is 0 Å². The molecule has 2 heterocycles. The molecule has 0 radical (unpaired) electrons. The molecule has 1 atom stereocenters. The maximum atomic E-state index is 12.9. The molecular weight excluding hydrogens is 386 g/mol. The molecule has 2 saturated heterocycles. The molecule has 8 nitrogen and oxygen atoms in total. The highest BCUT2D eigenvalue weighted by Gasteiger charge is 2.23. The van der Waals surface area contributed by atoms with Crippen molar-refractivity contribution in [3.8, 4) is 5.75 Å². The molecule has 1 amide bonds. The minimum absolute atomic E-state index is 0.0130. The van der Waals surface area contributed by atoms with Gasteiger partial charge in [-0.25, -0.2) is 0 Å². The fraction of sp³-hybridized carbons (Fsp3) is 0.409. The predicted octanol–water partition coefficient (Wildman–Crippen LogP) is 3.12. The third-order valence-corrected chi connectivity index (χ3v) is 5.53. The van der Waals surface area contributed by atoms with Crippen LogP contribution in [0.25, 0.3) is 0 Å². The van der Waals surface area contributed by atoms with Crippen LogP contribution < -0.4 is 9.64 Å². The molecule has 2 aliphatic heterocycles. The van der Waals surface area contributed by atoms with Crippen molar-refractivity contribution in [3.05, 3.63) is 64.2 Å². The normalized spacial score (nSPS) is 19.0. The number of rotatable bonds is 6. The van der Waals surface area contributed by atoms with Gasteiger partial charge in [0.05, 0.1) is 11.0 Å². The van der Waals surface area contributed by atoms with Gasteiger partial charge in [0, 0.05) is 56.2 Å². The van der Waals surface area contributed by atoms with Crippen molar-refractivity contribution >= 4 is 17.3 Å². The second-order valence-corrected chi connectivity index (χ2v) is 7.53. The Hall–Kier alpha value is -3.13. The zero-order chi connectivity index (χ0) is 20.9. The van der Waals surface area contributed by atoms with Crippen molar-refractivity contribution in [3.63, 3.8) is 0 Å². The molecule has 0 spiro atoms. The summed E-state index contributed by atoms with van der Waals surface area (Å²) in [5.41, 5.74) is 1.62. The fourth-order valence-corrected chi connectivity index (χ4v) is 3.82. The molecular formula is C22H25N3O5. The van der Waals surface area contributed by atoms with E-state index in [9.17, 15) is 14.9 Å². The standard InChI is InChI=1S/C22H25N3O5/c26-22(17-3-1-4-20(15-17)30-16-21-5-2-14-29-21)24-12-10-23(11-13-24)18-6-8-19(9-7-18)25(27)28/h1,3-4,6-9,15,21H,2,5,10-14,16H2/t21-/m0/s1. The quantitative estimate of drug-likeness (QED) is 0.536. The predicted molar refractivity (Wildman–Crippen MR) is 112 cm³/mol. The molecule has 2 aromatic carbocycles. The van der Waals surface area contributed by atoms with Gasteiger partial charge in [0.1, 0.15) is 12.4 Å². The summed E-state index contributed by atoms with van der Waals surface area (Å²) in [6.07, 6.45) is 2.22. The molecule has 0 aromatic heterocycles. The van der Waals surface area contributed by atoms with E-state index in [1.54, 1.807) is 18.2 Å². The zero-order valence-corrected chi connectivity index (χ0v) is 16.7. The van der Waals surface area contributed by atoms with Gasteiger partial charge in [0.15, 0.2) is 0 Å². The number of amides is 1. The molecule has 0 saturated carbocycles. The van der Waals surface area contributed by atoms with Gasteiger partial charge in [-0.05, 0) is 43.2 Å². The van der Waals surface area contributed by atoms with Crippen LogP contribution in [-0.2, 0) is 4.74 Å². The number of nitro groups is 1. The highest BCUT2D eigenvalue weighted by Crippen LogP contribution is 2.22. The molecule has 2 aliphatic rings. The number of nitrogens with zero attached hydrogens (tertiary/aromatic N) is 3. The molecule has 0 unspecified atom stereocenters. The van der Waals surface area contributed by atoms with Gasteiger partial charge in [-0.3, -0.25) is 14.9 Å². The van der Waals surface area contributed by atoms with Crippen molar-refractivity contribution in [1.29, 1.82) is 0 Å². The molecule has 8 heteroatoms. The van der Waals surface area contributed by atoms with E-state index in [1.165, 1.54) is 12.1 Å². The number of carbonyl (C=O) groups is 1. The summed E-state index contributed by atoms with van der Waals surface area (Å²) < 4.78 is 11.4. The Morgan fingerprint density at radius 2 is 1.90 bits per heavy atom. The average molecular weight is 411 g/mol. The summed E-state index contributed by atoms with van der Waals surface area (Å²) in [5.74, 6) is 0.668. The van der Waals surface area contributed by atoms with Crippen LogP contribution >= 0.6 is 0 Å². The minimum Gasteiger partial charge on any atom is -0.491 e. The third kappa shape index (κ3) is 4.71. The van der Waals surface area contributed by atoms with Crippen LogP contribution in [0, 0.1) is 10.1 Å². The first-order chi connectivity index (χ1) is 14.6. The maximum absolute atomic E-state index is 12.9. The number of carbonyl (C=O) groups excluding carboxylic acids is 1. The summed E-state index contributed by atoms with van der Waals surface area (Å²) in [6.45, 7) is 3.84. The van der Waals surface area contributed by atoms with E-state index >= 15 is 0 Å². The van der Waals surface area contributed by atoms with E-state index in [-0.39, 0.29) is 17.7 Å². The van der Waals surface area contributed by atoms with Crippen molar-refractivity contribution in [1.82, 2.24) is 4.90 Å². The first-order valence-electron chi connectivity index (χ1n) is 10.2. The maximum Gasteiger partial charge on any atom is 0.269 e. The highest BCUT2D eigenvalue weighted by atomic mass is 16.6. The molecule has 0 N–H and O–H groups in total. The van der Waals surface area contributed by atoms with Crippen molar-refractivity contribution in [2.75, 3.05) is 44.3 Å². The molecule has 2 aromatic rings. The smallest absolute Gasteiger partial charge is 0.269 e. The number of ether oxygens (including phenoxy) is 2. The summed E-state index contributed by atoms with van der Waals surface area (Å²) in [7, 11) is 0. The van der Waals surface area contributed by atoms with Crippen LogP contribution in [0.2, 0.25) is 0 Å². The minimum atomic E-state index is -0.404. The second kappa shape index (κ2) is 9.13. The zero-order valence-electron chi connectivity index (χ0n) is 16.7. The van der Waals surface area contributed by atoms with Crippen molar-refractivity contribution < 1.29 is 19.2 Å². The number of hydrogen-bond donors (Lipinski definition) is 0. The molecule has 0 bridgehead atoms. The van der Waals surface area contributed by atoms with E-state index in [4.69, 9.17) is 9.47 Å². The Bertz CT molecular complexity index is 888. The van der Waals surface area contributed by atoms with Crippen LogP contribution in [-0.4, -0.2) is 61.2 Å². The van der Waals surface area contributed by atoms with E-state index < -0.39 is 4.92 Å². The van der Waals surface area contributed by atoms with E-state index in [1.807, 2.05) is 23.1 Å². The summed E-state index contributed by atoms with van der Waals surface area (Å²) >= 11 is 0. The SMILES string of the molecule is O=C(c1cccc(OC[C@@H]2CCCO2)c1)N1CCN(c2ccc([N+](=O)[O-])cc2)CC1. The lowest BCUT2D eigenvalue weighted by Crippen LogP contribution is -2.48. The van der Waals surface area contributed by atoms with Gasteiger partial charge in [-0.2, -0.15) is 0 Å². The van der Waals surface area contributed by atoms with Crippen LogP contribution in [0.15, 0.2) is 48.5 Å². The van der Waals surface area contributed by atoms with Gasteiger partial charge < -0.3 is 19.3 Å². The monoisotopic (exact) mass is 411 g/mol. The Balaban J connectivity index is 1.32. The number of benzene rings is 2. The van der Waals surface area contributed by atoms with Crippen LogP contribution in [0.5, 0.6) is 5.75 Å². The lowest BCUT2D eigenvalue weighted by Gasteiger charge is -2.36. The van der Waals surface area contributed by atoms with Crippen LogP contribution in [0.1, 0.15) is 23.2 Å². The molecule has 0 aliphatic carbocycles. The van der Waals surface area contributed by atoms with E-state index in [0.29, 0.717) is 44.1 Å². The Kier molecular flexibility index (Phi) is 6.13. The highest BCUT2D eigenvalue weighted by molar-refractivity contribution is 5.94. The first-order valence-corrected chi connectivity index (χ1v) is 10.2. The van der Waals surface area contributed by atoms with E-state index in [2.05, 4.69) is 4.90 Å². The number of nitro benzene ring substituents is 1. The fourth-order valence-electron chi connectivity index (χ4n) is 3.82.